The quantitative estimate of drug-likeness (QED) is 0.930. The van der Waals surface area contributed by atoms with E-state index in [1.165, 1.54) is 27.8 Å². The maximum Gasteiger partial charge on any atom is 0.0605 e. The normalized spacial score (nSPS) is 17.4. The fourth-order valence-corrected chi connectivity index (χ4v) is 3.50. The van der Waals surface area contributed by atoms with Crippen LogP contribution in [0.15, 0.2) is 42.5 Å². The van der Waals surface area contributed by atoms with E-state index in [0.717, 1.165) is 26.2 Å². The van der Waals surface area contributed by atoms with Gasteiger partial charge in [0.1, 0.15) is 0 Å². The Labute approximate surface area is 134 Å². The summed E-state index contributed by atoms with van der Waals surface area (Å²) in [5, 5.41) is 3.47. The zero-order valence-corrected chi connectivity index (χ0v) is 13.9. The van der Waals surface area contributed by atoms with Crippen LogP contribution in [0.3, 0.4) is 0 Å². The van der Waals surface area contributed by atoms with E-state index in [9.17, 15) is 0 Å². The van der Waals surface area contributed by atoms with Crippen molar-refractivity contribution in [2.45, 2.75) is 26.8 Å². The summed E-state index contributed by atoms with van der Waals surface area (Å²) in [7, 11) is 0. The Balaban J connectivity index is 2.05. The molecule has 116 valence electrons. The molecule has 1 atom stereocenters. The average Bonchev–Trinajstić information content (AvgIpc) is 2.51. The second-order valence-corrected chi connectivity index (χ2v) is 6.46. The van der Waals surface area contributed by atoms with Crippen molar-refractivity contribution < 1.29 is 0 Å². The molecule has 2 heteroatoms. The van der Waals surface area contributed by atoms with Crippen LogP contribution in [0.2, 0.25) is 0 Å². The van der Waals surface area contributed by atoms with Crippen LogP contribution in [0.4, 0.5) is 0 Å². The maximum atomic E-state index is 3.47. The first-order valence-electron chi connectivity index (χ1n) is 8.23. The predicted octanol–water partition coefficient (Wildman–Crippen LogP) is 3.61. The van der Waals surface area contributed by atoms with Crippen molar-refractivity contribution in [3.63, 3.8) is 0 Å². The van der Waals surface area contributed by atoms with E-state index < -0.39 is 0 Å². The van der Waals surface area contributed by atoms with Crippen LogP contribution in [-0.4, -0.2) is 31.1 Å². The van der Waals surface area contributed by atoms with E-state index >= 15 is 0 Å². The predicted molar refractivity (Wildman–Crippen MR) is 93.4 cm³/mol. The second-order valence-electron chi connectivity index (χ2n) is 6.46. The first-order valence-corrected chi connectivity index (χ1v) is 8.23. The summed E-state index contributed by atoms with van der Waals surface area (Å²) >= 11 is 0. The highest BCUT2D eigenvalue weighted by atomic mass is 15.2. The lowest BCUT2D eigenvalue weighted by molar-refractivity contribution is 0.198. The van der Waals surface area contributed by atoms with Gasteiger partial charge in [0, 0.05) is 26.2 Å². The zero-order chi connectivity index (χ0) is 15.5. The van der Waals surface area contributed by atoms with Gasteiger partial charge in [0.15, 0.2) is 0 Å². The summed E-state index contributed by atoms with van der Waals surface area (Å²) in [6.45, 7) is 11.0. The van der Waals surface area contributed by atoms with Gasteiger partial charge in [0.2, 0.25) is 0 Å². The van der Waals surface area contributed by atoms with Gasteiger partial charge in [-0.3, -0.25) is 4.90 Å². The van der Waals surface area contributed by atoms with Gasteiger partial charge in [-0.05, 0) is 37.5 Å². The molecule has 0 radical (unpaired) electrons. The molecule has 1 aliphatic rings. The molecule has 0 saturated carbocycles. The Hall–Kier alpha value is -1.64. The molecule has 1 N–H and O–H groups in total. The van der Waals surface area contributed by atoms with Crippen LogP contribution in [0.1, 0.15) is 33.9 Å². The highest BCUT2D eigenvalue weighted by Gasteiger charge is 2.25. The Bertz CT molecular complexity index is 642. The number of nitrogens with one attached hydrogen (secondary N) is 1. The molecule has 0 aliphatic carbocycles. The molecule has 1 fully saturated rings. The van der Waals surface area contributed by atoms with Crippen LogP contribution in [0.25, 0.3) is 0 Å². The molecule has 0 bridgehead atoms. The van der Waals surface area contributed by atoms with Crippen LogP contribution in [0.5, 0.6) is 0 Å². The van der Waals surface area contributed by atoms with Gasteiger partial charge < -0.3 is 5.32 Å². The van der Waals surface area contributed by atoms with Gasteiger partial charge in [-0.2, -0.15) is 0 Å². The summed E-state index contributed by atoms with van der Waals surface area (Å²) in [6, 6.07) is 16.2. The number of hydrogen-bond acceptors (Lipinski definition) is 2. The van der Waals surface area contributed by atoms with Gasteiger partial charge in [-0.25, -0.2) is 0 Å². The molecule has 0 amide bonds. The number of hydrogen-bond donors (Lipinski definition) is 1. The minimum atomic E-state index is 0.364. The molecule has 2 nitrogen and oxygen atoms in total. The van der Waals surface area contributed by atoms with Crippen LogP contribution < -0.4 is 5.32 Å². The molecular weight excluding hydrogens is 268 g/mol. The van der Waals surface area contributed by atoms with Crippen molar-refractivity contribution in [3.8, 4) is 0 Å². The smallest absolute Gasteiger partial charge is 0.0605 e. The standard InChI is InChI=1S/C20H26N2/c1-15-5-4-6-18(14-15)20(22-11-9-21-10-12-22)19-8-7-16(2)13-17(19)3/h4-8,13-14,20-21H,9-12H2,1-3H3. The topological polar surface area (TPSA) is 15.3 Å². The average molecular weight is 294 g/mol. The third-order valence-corrected chi connectivity index (χ3v) is 4.59. The van der Waals surface area contributed by atoms with E-state index in [1.54, 1.807) is 0 Å². The maximum absolute atomic E-state index is 3.47. The molecule has 1 unspecified atom stereocenters. The molecule has 0 aromatic heterocycles. The van der Waals surface area contributed by atoms with Crippen molar-refractivity contribution in [2.24, 2.45) is 0 Å². The van der Waals surface area contributed by atoms with Gasteiger partial charge in [0.25, 0.3) is 0 Å². The van der Waals surface area contributed by atoms with Gasteiger partial charge in [-0.15, -0.1) is 0 Å². The van der Waals surface area contributed by atoms with E-state index in [4.69, 9.17) is 0 Å². The first-order chi connectivity index (χ1) is 10.6. The Morgan fingerprint density at radius 1 is 0.909 bits per heavy atom. The number of rotatable bonds is 3. The summed E-state index contributed by atoms with van der Waals surface area (Å²) in [6.07, 6.45) is 0. The lowest BCUT2D eigenvalue weighted by Gasteiger charge is -2.36. The highest BCUT2D eigenvalue weighted by molar-refractivity contribution is 5.40. The van der Waals surface area contributed by atoms with Crippen molar-refractivity contribution in [1.29, 1.82) is 0 Å². The molecule has 2 aromatic carbocycles. The fraction of sp³-hybridized carbons (Fsp3) is 0.400. The van der Waals surface area contributed by atoms with E-state index in [1.807, 2.05) is 0 Å². The SMILES string of the molecule is Cc1cccc(C(c2ccc(C)cc2C)N2CCNCC2)c1. The number of aryl methyl sites for hydroxylation is 3. The van der Waals surface area contributed by atoms with E-state index in [2.05, 4.69) is 73.5 Å². The monoisotopic (exact) mass is 294 g/mol. The Kier molecular flexibility index (Phi) is 4.60. The Morgan fingerprint density at radius 2 is 1.64 bits per heavy atom. The zero-order valence-electron chi connectivity index (χ0n) is 13.9. The van der Waals surface area contributed by atoms with Crippen molar-refractivity contribution in [3.05, 3.63) is 70.3 Å². The van der Waals surface area contributed by atoms with Gasteiger partial charge in [0.05, 0.1) is 6.04 Å². The highest BCUT2D eigenvalue weighted by Crippen LogP contribution is 2.32. The van der Waals surface area contributed by atoms with Crippen LogP contribution in [0, 0.1) is 20.8 Å². The van der Waals surface area contributed by atoms with Gasteiger partial charge >= 0.3 is 0 Å². The number of piperazine rings is 1. The lowest BCUT2D eigenvalue weighted by atomic mass is 9.91. The van der Waals surface area contributed by atoms with Crippen molar-refractivity contribution >= 4 is 0 Å². The number of benzene rings is 2. The summed E-state index contributed by atoms with van der Waals surface area (Å²) in [5.41, 5.74) is 6.92. The van der Waals surface area contributed by atoms with Gasteiger partial charge in [-0.1, -0.05) is 53.6 Å². The Morgan fingerprint density at radius 3 is 2.32 bits per heavy atom. The molecule has 1 aliphatic heterocycles. The van der Waals surface area contributed by atoms with Crippen LogP contribution in [-0.2, 0) is 0 Å². The minimum Gasteiger partial charge on any atom is -0.314 e. The van der Waals surface area contributed by atoms with E-state index in [-0.39, 0.29) is 0 Å². The molecule has 1 heterocycles. The first kappa shape index (κ1) is 15.3. The summed E-state index contributed by atoms with van der Waals surface area (Å²) < 4.78 is 0. The van der Waals surface area contributed by atoms with Crippen LogP contribution >= 0.6 is 0 Å². The third-order valence-electron chi connectivity index (χ3n) is 4.59. The minimum absolute atomic E-state index is 0.364. The molecule has 1 saturated heterocycles. The van der Waals surface area contributed by atoms with E-state index in [0.29, 0.717) is 6.04 Å². The number of nitrogens with zero attached hydrogens (tertiary/aromatic N) is 1. The molecule has 22 heavy (non-hydrogen) atoms. The molecule has 3 rings (SSSR count). The fourth-order valence-electron chi connectivity index (χ4n) is 3.50. The van der Waals surface area contributed by atoms with Crippen molar-refractivity contribution in [2.75, 3.05) is 26.2 Å². The second kappa shape index (κ2) is 6.64. The largest absolute Gasteiger partial charge is 0.314 e. The summed E-state index contributed by atoms with van der Waals surface area (Å²) in [4.78, 5) is 2.61. The lowest BCUT2D eigenvalue weighted by Crippen LogP contribution is -2.45. The molecular formula is C20H26N2. The third kappa shape index (κ3) is 3.23. The molecule has 0 spiro atoms. The molecule has 2 aromatic rings. The van der Waals surface area contributed by atoms with Crippen molar-refractivity contribution in [1.82, 2.24) is 10.2 Å². The summed E-state index contributed by atoms with van der Waals surface area (Å²) in [5.74, 6) is 0.